The Hall–Kier alpha value is -1.85. The van der Waals surface area contributed by atoms with Crippen molar-refractivity contribution < 1.29 is 0 Å². The van der Waals surface area contributed by atoms with Crippen LogP contribution in [0.2, 0.25) is 0 Å². The molecule has 0 spiro atoms. The van der Waals surface area contributed by atoms with Gasteiger partial charge in [0.05, 0.1) is 0 Å². The molecule has 0 amide bonds. The number of aryl methyl sites for hydroxylation is 1. The van der Waals surface area contributed by atoms with E-state index in [1.54, 1.807) is 7.05 Å². The lowest BCUT2D eigenvalue weighted by atomic mass is 10.5. The Morgan fingerprint density at radius 2 is 2.33 bits per heavy atom. The van der Waals surface area contributed by atoms with E-state index in [4.69, 9.17) is 5.73 Å². The van der Waals surface area contributed by atoms with E-state index in [1.165, 1.54) is 10.9 Å². The SMILES string of the molecule is Cn1c(=O)[nH]c2ncnc(N)c21. The summed E-state index contributed by atoms with van der Waals surface area (Å²) in [5.74, 6) is 0.306. The molecule has 2 heterocycles. The Labute approximate surface area is 67.1 Å². The van der Waals surface area contributed by atoms with E-state index in [0.717, 1.165) is 0 Å². The van der Waals surface area contributed by atoms with Crippen LogP contribution in [-0.2, 0) is 7.05 Å². The first kappa shape index (κ1) is 6.84. The summed E-state index contributed by atoms with van der Waals surface area (Å²) in [5.41, 5.74) is 6.31. The van der Waals surface area contributed by atoms with Crippen molar-refractivity contribution in [3.8, 4) is 0 Å². The lowest BCUT2D eigenvalue weighted by Gasteiger charge is -1.94. The van der Waals surface area contributed by atoms with E-state index in [-0.39, 0.29) is 5.69 Å². The number of rotatable bonds is 0. The third-order valence-electron chi connectivity index (χ3n) is 1.72. The number of nitrogens with zero attached hydrogens (tertiary/aromatic N) is 3. The van der Waals surface area contributed by atoms with Crippen molar-refractivity contribution >= 4 is 17.0 Å². The fourth-order valence-corrected chi connectivity index (χ4v) is 1.10. The lowest BCUT2D eigenvalue weighted by molar-refractivity contribution is 0.891. The first-order valence-electron chi connectivity index (χ1n) is 3.35. The number of hydrogen-bond donors (Lipinski definition) is 2. The zero-order chi connectivity index (χ0) is 8.72. The van der Waals surface area contributed by atoms with Gasteiger partial charge in [-0.1, -0.05) is 0 Å². The van der Waals surface area contributed by atoms with Crippen LogP contribution in [0.3, 0.4) is 0 Å². The summed E-state index contributed by atoms with van der Waals surface area (Å²) in [6.07, 6.45) is 1.31. The molecular weight excluding hydrogens is 158 g/mol. The molecule has 0 aliphatic carbocycles. The molecule has 0 fully saturated rings. The van der Waals surface area contributed by atoms with E-state index in [1.807, 2.05) is 0 Å². The highest BCUT2D eigenvalue weighted by molar-refractivity contribution is 5.81. The number of hydrogen-bond acceptors (Lipinski definition) is 4. The average molecular weight is 165 g/mol. The fraction of sp³-hybridized carbons (Fsp3) is 0.167. The van der Waals surface area contributed by atoms with Crippen LogP contribution < -0.4 is 11.4 Å². The van der Waals surface area contributed by atoms with Gasteiger partial charge in [0.25, 0.3) is 0 Å². The van der Waals surface area contributed by atoms with Gasteiger partial charge in [-0.05, 0) is 0 Å². The van der Waals surface area contributed by atoms with Gasteiger partial charge in [0, 0.05) is 7.05 Å². The minimum Gasteiger partial charge on any atom is -0.382 e. The summed E-state index contributed by atoms with van der Waals surface area (Å²) in [5, 5.41) is 0. The molecule has 0 saturated carbocycles. The van der Waals surface area contributed by atoms with Crippen molar-refractivity contribution in [3.63, 3.8) is 0 Å². The van der Waals surface area contributed by atoms with Gasteiger partial charge in [0.1, 0.15) is 11.8 Å². The number of nitrogens with one attached hydrogen (secondary N) is 1. The van der Waals surface area contributed by atoms with Crippen molar-refractivity contribution in [1.29, 1.82) is 0 Å². The number of aromatic nitrogens is 4. The number of imidazole rings is 1. The molecule has 2 aromatic heterocycles. The monoisotopic (exact) mass is 165 g/mol. The van der Waals surface area contributed by atoms with E-state index < -0.39 is 0 Å². The Kier molecular flexibility index (Phi) is 1.18. The van der Waals surface area contributed by atoms with Gasteiger partial charge in [-0.25, -0.2) is 14.8 Å². The summed E-state index contributed by atoms with van der Waals surface area (Å²) in [6.45, 7) is 0. The first-order valence-corrected chi connectivity index (χ1v) is 3.35. The third kappa shape index (κ3) is 0.714. The summed E-state index contributed by atoms with van der Waals surface area (Å²) >= 11 is 0. The smallest absolute Gasteiger partial charge is 0.327 e. The Morgan fingerprint density at radius 3 is 3.00 bits per heavy atom. The van der Waals surface area contributed by atoms with Crippen LogP contribution in [0.1, 0.15) is 0 Å². The zero-order valence-electron chi connectivity index (χ0n) is 6.40. The average Bonchev–Trinajstić information content (AvgIpc) is 2.29. The maximum Gasteiger partial charge on any atom is 0.327 e. The van der Waals surface area contributed by atoms with Gasteiger partial charge < -0.3 is 5.73 Å². The van der Waals surface area contributed by atoms with Crippen LogP contribution in [-0.4, -0.2) is 19.5 Å². The van der Waals surface area contributed by atoms with E-state index in [2.05, 4.69) is 15.0 Å². The number of nitrogen functional groups attached to an aromatic ring is 1. The van der Waals surface area contributed by atoms with Crippen LogP contribution in [0.25, 0.3) is 11.2 Å². The van der Waals surface area contributed by atoms with Crippen LogP contribution in [0.5, 0.6) is 0 Å². The molecule has 0 radical (unpaired) electrons. The van der Waals surface area contributed by atoms with Crippen LogP contribution >= 0.6 is 0 Å². The molecule has 3 N–H and O–H groups in total. The molecule has 0 bridgehead atoms. The topological polar surface area (TPSA) is 89.6 Å². The highest BCUT2D eigenvalue weighted by Crippen LogP contribution is 2.10. The minimum atomic E-state index is -0.239. The highest BCUT2D eigenvalue weighted by atomic mass is 16.1. The number of aromatic amines is 1. The second-order valence-corrected chi connectivity index (χ2v) is 2.45. The first-order chi connectivity index (χ1) is 5.70. The van der Waals surface area contributed by atoms with Gasteiger partial charge in [0.2, 0.25) is 0 Å². The second kappa shape index (κ2) is 2.07. The lowest BCUT2D eigenvalue weighted by Crippen LogP contribution is -2.12. The van der Waals surface area contributed by atoms with Crippen molar-refractivity contribution in [2.24, 2.45) is 7.05 Å². The summed E-state index contributed by atoms with van der Waals surface area (Å²) in [4.78, 5) is 21.2. The molecule has 2 rings (SSSR count). The molecule has 0 saturated heterocycles. The maximum absolute atomic E-state index is 11.1. The second-order valence-electron chi connectivity index (χ2n) is 2.45. The fourth-order valence-electron chi connectivity index (χ4n) is 1.10. The van der Waals surface area contributed by atoms with E-state index >= 15 is 0 Å². The molecule has 0 unspecified atom stereocenters. The van der Waals surface area contributed by atoms with Crippen LogP contribution in [0.15, 0.2) is 11.1 Å². The normalized spacial score (nSPS) is 10.8. The number of fused-ring (bicyclic) bond motifs is 1. The largest absolute Gasteiger partial charge is 0.382 e. The van der Waals surface area contributed by atoms with Gasteiger partial charge >= 0.3 is 5.69 Å². The molecule has 6 heteroatoms. The molecule has 0 aromatic carbocycles. The van der Waals surface area contributed by atoms with Gasteiger partial charge in [-0.2, -0.15) is 0 Å². The van der Waals surface area contributed by atoms with E-state index in [0.29, 0.717) is 17.0 Å². The van der Waals surface area contributed by atoms with Gasteiger partial charge in [-0.15, -0.1) is 0 Å². The van der Waals surface area contributed by atoms with Crippen molar-refractivity contribution in [2.75, 3.05) is 5.73 Å². The summed E-state index contributed by atoms with van der Waals surface area (Å²) < 4.78 is 1.38. The number of anilines is 1. The zero-order valence-corrected chi connectivity index (χ0v) is 6.40. The molecule has 2 aromatic rings. The van der Waals surface area contributed by atoms with Crippen molar-refractivity contribution in [1.82, 2.24) is 19.5 Å². The van der Waals surface area contributed by atoms with Crippen molar-refractivity contribution in [3.05, 3.63) is 16.8 Å². The molecular formula is C6H7N5O. The van der Waals surface area contributed by atoms with Gasteiger partial charge in [-0.3, -0.25) is 9.55 Å². The molecule has 6 nitrogen and oxygen atoms in total. The van der Waals surface area contributed by atoms with Crippen LogP contribution in [0, 0.1) is 0 Å². The summed E-state index contributed by atoms with van der Waals surface area (Å²) in [7, 11) is 1.61. The predicted molar refractivity (Wildman–Crippen MR) is 43.5 cm³/mol. The van der Waals surface area contributed by atoms with Crippen molar-refractivity contribution in [2.45, 2.75) is 0 Å². The standard InChI is InChI=1S/C6H7N5O/c1-11-3-4(7)8-2-9-5(3)10-6(11)12/h2H,1H3,(H3,7,8,9,10,12). The van der Waals surface area contributed by atoms with E-state index in [9.17, 15) is 4.79 Å². The minimum absolute atomic E-state index is 0.239. The predicted octanol–water partition coefficient (Wildman–Crippen LogP) is -0.761. The third-order valence-corrected chi connectivity index (χ3v) is 1.72. The molecule has 0 aliphatic heterocycles. The molecule has 0 aliphatic rings. The quantitative estimate of drug-likeness (QED) is 0.536. The number of H-pyrrole nitrogens is 1. The Bertz CT molecular complexity index is 482. The van der Waals surface area contributed by atoms with Crippen LogP contribution in [0.4, 0.5) is 5.82 Å². The molecule has 12 heavy (non-hydrogen) atoms. The molecule has 0 atom stereocenters. The molecule has 62 valence electrons. The Balaban J connectivity index is 3.07. The highest BCUT2D eigenvalue weighted by Gasteiger charge is 2.06. The Morgan fingerprint density at radius 1 is 1.58 bits per heavy atom. The van der Waals surface area contributed by atoms with Gasteiger partial charge in [0.15, 0.2) is 11.5 Å². The number of nitrogens with two attached hydrogens (primary N) is 1. The maximum atomic E-state index is 11.1. The summed E-state index contributed by atoms with van der Waals surface area (Å²) in [6, 6.07) is 0.